The number of rotatable bonds is 9. The summed E-state index contributed by atoms with van der Waals surface area (Å²) in [4.78, 5) is 2.09. The molecule has 3 rings (SSSR count). The van der Waals surface area contributed by atoms with Crippen LogP contribution in [0.2, 0.25) is 0 Å². The van der Waals surface area contributed by atoms with Crippen molar-refractivity contribution >= 4 is 25.7 Å². The van der Waals surface area contributed by atoms with E-state index in [-0.39, 0.29) is 29.7 Å². The van der Waals surface area contributed by atoms with Crippen molar-refractivity contribution in [2.75, 3.05) is 43.9 Å². The second kappa shape index (κ2) is 11.0. The summed E-state index contributed by atoms with van der Waals surface area (Å²) in [6.45, 7) is 5.66. The van der Waals surface area contributed by atoms with Crippen LogP contribution in [0.5, 0.6) is 5.75 Å². The van der Waals surface area contributed by atoms with Gasteiger partial charge in [0, 0.05) is 45.0 Å². The summed E-state index contributed by atoms with van der Waals surface area (Å²) in [7, 11) is -7.14. The number of nitrogens with zero attached hydrogens (tertiary/aromatic N) is 3. The van der Waals surface area contributed by atoms with E-state index in [1.807, 2.05) is 18.7 Å². The predicted octanol–water partition coefficient (Wildman–Crippen LogP) is 3.51. The van der Waals surface area contributed by atoms with Gasteiger partial charge in [0.15, 0.2) is 0 Å². The molecule has 0 N–H and O–H groups in total. The van der Waals surface area contributed by atoms with Crippen molar-refractivity contribution in [2.24, 2.45) is 5.92 Å². The third-order valence-electron chi connectivity index (χ3n) is 5.63. The molecule has 0 spiro atoms. The van der Waals surface area contributed by atoms with Crippen molar-refractivity contribution in [1.29, 1.82) is 0 Å². The first-order chi connectivity index (χ1) is 16.6. The third-order valence-corrected chi connectivity index (χ3v) is 8.76. The number of sulfonamides is 2. The SMILES string of the molecule is CC(C)CN(Cc1ccc(OC(F)(F)F)cc1)S(=O)(=O)c1ccc(N2CCN(S(C)(=O)=O)CC2)cc1. The Labute approximate surface area is 210 Å². The average Bonchev–Trinajstić information content (AvgIpc) is 2.78. The van der Waals surface area contributed by atoms with Gasteiger partial charge in [-0.15, -0.1) is 13.2 Å². The van der Waals surface area contributed by atoms with Gasteiger partial charge in [-0.3, -0.25) is 0 Å². The Morgan fingerprint density at radius 3 is 1.94 bits per heavy atom. The molecule has 200 valence electrons. The maximum atomic E-state index is 13.4. The number of anilines is 1. The van der Waals surface area contributed by atoms with Crippen molar-refractivity contribution < 1.29 is 34.7 Å². The Hall–Kier alpha value is -2.35. The van der Waals surface area contributed by atoms with Crippen molar-refractivity contribution in [2.45, 2.75) is 31.7 Å². The van der Waals surface area contributed by atoms with Crippen molar-refractivity contribution in [3.05, 3.63) is 54.1 Å². The topological polar surface area (TPSA) is 87.2 Å². The van der Waals surface area contributed by atoms with E-state index in [0.29, 0.717) is 31.7 Å². The second-order valence-corrected chi connectivity index (χ2v) is 12.9. The smallest absolute Gasteiger partial charge is 0.406 e. The van der Waals surface area contributed by atoms with Gasteiger partial charge in [-0.2, -0.15) is 8.61 Å². The molecule has 0 atom stereocenters. The molecule has 0 saturated carbocycles. The number of benzene rings is 2. The zero-order valence-electron chi connectivity index (χ0n) is 20.3. The molecule has 8 nitrogen and oxygen atoms in total. The van der Waals surface area contributed by atoms with Crippen LogP contribution in [0.25, 0.3) is 0 Å². The van der Waals surface area contributed by atoms with Crippen LogP contribution in [0.15, 0.2) is 53.4 Å². The lowest BCUT2D eigenvalue weighted by atomic mass is 10.2. The molecule has 2 aromatic rings. The highest BCUT2D eigenvalue weighted by molar-refractivity contribution is 7.89. The van der Waals surface area contributed by atoms with Crippen molar-refractivity contribution in [3.8, 4) is 5.75 Å². The van der Waals surface area contributed by atoms with Crippen LogP contribution in [0, 0.1) is 5.92 Å². The van der Waals surface area contributed by atoms with Gasteiger partial charge in [0.2, 0.25) is 20.0 Å². The maximum absolute atomic E-state index is 13.4. The van der Waals surface area contributed by atoms with E-state index >= 15 is 0 Å². The molecule has 0 amide bonds. The number of hydrogen-bond acceptors (Lipinski definition) is 6. The third kappa shape index (κ3) is 7.58. The van der Waals surface area contributed by atoms with Crippen LogP contribution in [0.4, 0.5) is 18.9 Å². The summed E-state index contributed by atoms with van der Waals surface area (Å²) in [5.41, 5.74) is 1.31. The highest BCUT2D eigenvalue weighted by atomic mass is 32.2. The molecule has 1 fully saturated rings. The largest absolute Gasteiger partial charge is 0.573 e. The number of piperazine rings is 1. The first kappa shape index (κ1) is 28.2. The monoisotopic (exact) mass is 549 g/mol. The molecule has 0 unspecified atom stereocenters. The van der Waals surface area contributed by atoms with E-state index in [9.17, 15) is 30.0 Å². The molecular formula is C23H30F3N3O5S2. The molecule has 0 radical (unpaired) electrons. The Balaban J connectivity index is 1.74. The summed E-state index contributed by atoms with van der Waals surface area (Å²) < 4.78 is 94.1. The second-order valence-electron chi connectivity index (χ2n) is 9.03. The Kier molecular flexibility index (Phi) is 8.59. The highest BCUT2D eigenvalue weighted by Crippen LogP contribution is 2.26. The van der Waals surface area contributed by atoms with Crippen LogP contribution in [-0.4, -0.2) is 70.8 Å². The summed E-state index contributed by atoms with van der Waals surface area (Å²) in [6, 6.07) is 11.5. The molecular weight excluding hydrogens is 519 g/mol. The first-order valence-corrected chi connectivity index (χ1v) is 14.6. The summed E-state index contributed by atoms with van der Waals surface area (Å²) in [5.74, 6) is -0.365. The van der Waals surface area contributed by atoms with Crippen LogP contribution in [-0.2, 0) is 26.6 Å². The van der Waals surface area contributed by atoms with Gasteiger partial charge < -0.3 is 9.64 Å². The van der Waals surface area contributed by atoms with E-state index in [4.69, 9.17) is 0 Å². The van der Waals surface area contributed by atoms with Crippen LogP contribution >= 0.6 is 0 Å². The lowest BCUT2D eigenvalue weighted by molar-refractivity contribution is -0.274. The van der Waals surface area contributed by atoms with Gasteiger partial charge in [0.1, 0.15) is 5.75 Å². The van der Waals surface area contributed by atoms with E-state index in [1.54, 1.807) is 12.1 Å². The minimum Gasteiger partial charge on any atom is -0.406 e. The first-order valence-electron chi connectivity index (χ1n) is 11.3. The molecule has 1 aliphatic rings. The van der Waals surface area contributed by atoms with E-state index in [1.165, 1.54) is 39.1 Å². The lowest BCUT2D eigenvalue weighted by Gasteiger charge is -2.34. The fourth-order valence-electron chi connectivity index (χ4n) is 3.91. The maximum Gasteiger partial charge on any atom is 0.573 e. The van der Waals surface area contributed by atoms with E-state index < -0.39 is 26.4 Å². The number of ether oxygens (including phenoxy) is 1. The molecule has 0 aromatic heterocycles. The predicted molar refractivity (Wildman–Crippen MR) is 131 cm³/mol. The Morgan fingerprint density at radius 1 is 0.917 bits per heavy atom. The number of halogens is 3. The normalized spacial score (nSPS) is 16.1. The fourth-order valence-corrected chi connectivity index (χ4v) is 6.33. The zero-order chi connectivity index (χ0) is 26.7. The molecule has 1 saturated heterocycles. The Bertz CT molecular complexity index is 1230. The van der Waals surface area contributed by atoms with Crippen LogP contribution in [0.1, 0.15) is 19.4 Å². The number of alkyl halides is 3. The highest BCUT2D eigenvalue weighted by Gasteiger charge is 2.31. The molecule has 0 aliphatic carbocycles. The summed E-state index contributed by atoms with van der Waals surface area (Å²) in [6.07, 6.45) is -3.63. The molecule has 1 aliphatic heterocycles. The quantitative estimate of drug-likeness (QED) is 0.476. The van der Waals surface area contributed by atoms with Crippen LogP contribution < -0.4 is 9.64 Å². The van der Waals surface area contributed by atoms with Crippen molar-refractivity contribution in [3.63, 3.8) is 0 Å². The standard InChI is InChI=1S/C23H30F3N3O5S2/c1-18(2)16-29(17-19-4-8-21(9-5-19)34-23(24,25)26)36(32,33)22-10-6-20(7-11-22)27-12-14-28(15-13-27)35(3,30)31/h4-11,18H,12-17H2,1-3H3. The van der Waals surface area contributed by atoms with Crippen LogP contribution in [0.3, 0.4) is 0 Å². The number of hydrogen-bond donors (Lipinski definition) is 0. The fraction of sp³-hybridized carbons (Fsp3) is 0.478. The molecule has 2 aromatic carbocycles. The zero-order valence-corrected chi connectivity index (χ0v) is 21.9. The molecule has 1 heterocycles. The Morgan fingerprint density at radius 2 is 1.47 bits per heavy atom. The average molecular weight is 550 g/mol. The van der Waals surface area contributed by atoms with Gasteiger partial charge >= 0.3 is 6.36 Å². The minimum absolute atomic E-state index is 0.0119. The van der Waals surface area contributed by atoms with Gasteiger partial charge in [0.05, 0.1) is 11.2 Å². The van der Waals surface area contributed by atoms with E-state index in [2.05, 4.69) is 4.74 Å². The molecule has 0 bridgehead atoms. The minimum atomic E-state index is -4.80. The van der Waals surface area contributed by atoms with Gasteiger partial charge in [0.25, 0.3) is 0 Å². The van der Waals surface area contributed by atoms with E-state index in [0.717, 1.165) is 17.8 Å². The van der Waals surface area contributed by atoms with Gasteiger partial charge in [-0.1, -0.05) is 26.0 Å². The summed E-state index contributed by atoms with van der Waals surface area (Å²) >= 11 is 0. The summed E-state index contributed by atoms with van der Waals surface area (Å²) in [5, 5.41) is 0. The molecule has 13 heteroatoms. The lowest BCUT2D eigenvalue weighted by Crippen LogP contribution is -2.48. The molecule has 36 heavy (non-hydrogen) atoms. The van der Waals surface area contributed by atoms with Crippen molar-refractivity contribution in [1.82, 2.24) is 8.61 Å². The van der Waals surface area contributed by atoms with Gasteiger partial charge in [-0.25, -0.2) is 16.8 Å². The van der Waals surface area contributed by atoms with Gasteiger partial charge in [-0.05, 0) is 47.9 Å².